The topological polar surface area (TPSA) is 146 Å². The van der Waals surface area contributed by atoms with Crippen molar-refractivity contribution >= 4 is 29.9 Å². The first-order valence-electron chi connectivity index (χ1n) is 18.5. The van der Waals surface area contributed by atoms with E-state index >= 15 is 0 Å². The SMILES string of the molecule is CC(C)c1nc2c(c(-c3ccc(F)cc3)c1/C=C/[C@@H](O)C[C@@H](O)CC(=O)[O-])CCOc1ccccc1-2.CCOC(=O)C(=Cc1ccc(C)cc1)C(=O)C(C)C.[Na+]. The summed E-state index contributed by atoms with van der Waals surface area (Å²) in [6, 6.07) is 21.7. The molecular weight excluding hydrogens is 724 g/mol. The van der Waals surface area contributed by atoms with Gasteiger partial charge in [-0.2, -0.15) is 0 Å². The first-order chi connectivity index (χ1) is 26.2. The molecule has 0 amide bonds. The van der Waals surface area contributed by atoms with Crippen molar-refractivity contribution in [2.75, 3.05) is 13.2 Å². The van der Waals surface area contributed by atoms with Crippen LogP contribution in [0, 0.1) is 18.7 Å². The van der Waals surface area contributed by atoms with E-state index in [1.165, 1.54) is 18.2 Å². The summed E-state index contributed by atoms with van der Waals surface area (Å²) < 4.78 is 24.8. The molecule has 0 saturated heterocycles. The van der Waals surface area contributed by atoms with E-state index < -0.39 is 30.6 Å². The first kappa shape index (κ1) is 45.9. The van der Waals surface area contributed by atoms with Crippen LogP contribution in [0.4, 0.5) is 4.39 Å². The summed E-state index contributed by atoms with van der Waals surface area (Å²) in [7, 11) is 0. The van der Waals surface area contributed by atoms with Crippen molar-refractivity contribution in [1.82, 2.24) is 4.98 Å². The smallest absolute Gasteiger partial charge is 0.550 e. The van der Waals surface area contributed by atoms with Gasteiger partial charge in [0.2, 0.25) is 0 Å². The number of hydrogen-bond donors (Lipinski definition) is 2. The minimum Gasteiger partial charge on any atom is -0.550 e. The first-order valence-corrected chi connectivity index (χ1v) is 18.5. The quantitative estimate of drug-likeness (QED) is 0.0676. The Morgan fingerprint density at radius 3 is 2.25 bits per heavy atom. The van der Waals surface area contributed by atoms with Crippen molar-refractivity contribution in [3.63, 3.8) is 0 Å². The maximum Gasteiger partial charge on any atom is 1.00 e. The van der Waals surface area contributed by atoms with E-state index in [1.54, 1.807) is 45.1 Å². The number of ketones is 1. The number of carboxylic acid groups (broad SMARTS) is 1. The summed E-state index contributed by atoms with van der Waals surface area (Å²) in [5.41, 5.74) is 7.98. The second kappa shape index (κ2) is 21.7. The van der Waals surface area contributed by atoms with Crippen LogP contribution >= 0.6 is 0 Å². The van der Waals surface area contributed by atoms with Gasteiger partial charge in [-0.05, 0) is 72.4 Å². The van der Waals surface area contributed by atoms with Crippen molar-refractivity contribution in [2.24, 2.45) is 5.92 Å². The van der Waals surface area contributed by atoms with Crippen molar-refractivity contribution in [1.29, 1.82) is 0 Å². The van der Waals surface area contributed by atoms with Crippen molar-refractivity contribution in [2.45, 2.75) is 78.9 Å². The Hall–Kier alpha value is -4.45. The van der Waals surface area contributed by atoms with Crippen molar-refractivity contribution in [3.05, 3.63) is 118 Å². The Kier molecular flexibility index (Phi) is 17.8. The van der Waals surface area contributed by atoms with Gasteiger partial charge in [0, 0.05) is 42.3 Å². The number of rotatable bonds is 13. The molecule has 290 valence electrons. The molecule has 2 heterocycles. The predicted molar refractivity (Wildman–Crippen MR) is 209 cm³/mol. The Labute approximate surface area is 350 Å². The third-order valence-electron chi connectivity index (χ3n) is 8.87. The molecule has 0 unspecified atom stereocenters. The average Bonchev–Trinajstić information content (AvgIpc) is 3.32. The Balaban J connectivity index is 0.000000357. The second-order valence-electron chi connectivity index (χ2n) is 14.0. The molecule has 1 aromatic heterocycles. The number of aryl methyl sites for hydroxylation is 1. The fourth-order valence-electron chi connectivity index (χ4n) is 6.15. The van der Waals surface area contributed by atoms with Crippen LogP contribution in [0.3, 0.4) is 0 Å². The molecule has 9 nitrogen and oxygen atoms in total. The largest absolute Gasteiger partial charge is 1.00 e. The number of fused-ring (bicyclic) bond motifs is 3. The molecule has 0 saturated carbocycles. The zero-order valence-electron chi connectivity index (χ0n) is 33.2. The summed E-state index contributed by atoms with van der Waals surface area (Å²) >= 11 is 0. The standard InChI is InChI=1S/C29H30FNO5.C16H20O3.Na/c1-17(2)28-23(12-11-20(32)15-21(33)16-26(34)35)27(18-7-9-19(30)10-8-18)24-13-14-36-25-6-4-3-5-22(25)29(24)31-28;1-5-19-16(18)14(15(17)11(2)3)10-13-8-6-12(4)7-9-13;/h3-12,17,20-21,32-33H,13-16H2,1-2H3,(H,34,35);6-11H,5H2,1-4H3;/q;;+1/p-1/b12-11+;;/t20-,21-;;/m1../s1. The number of carbonyl (C=O) groups excluding carboxylic acids is 3. The number of hydrogen-bond acceptors (Lipinski definition) is 9. The van der Waals surface area contributed by atoms with Crippen LogP contribution in [-0.4, -0.2) is 58.3 Å². The molecule has 0 spiro atoms. The molecule has 2 atom stereocenters. The summed E-state index contributed by atoms with van der Waals surface area (Å²) in [6.07, 6.45) is 2.46. The van der Waals surface area contributed by atoms with Gasteiger partial charge in [-0.1, -0.05) is 93.9 Å². The number of carboxylic acids is 1. The molecule has 4 aromatic rings. The molecule has 2 N–H and O–H groups in total. The van der Waals surface area contributed by atoms with Gasteiger partial charge in [0.15, 0.2) is 5.78 Å². The normalized spacial score (nSPS) is 13.3. The van der Waals surface area contributed by atoms with Gasteiger partial charge in [0.25, 0.3) is 0 Å². The molecule has 56 heavy (non-hydrogen) atoms. The number of esters is 1. The Morgan fingerprint density at radius 2 is 1.64 bits per heavy atom. The van der Waals surface area contributed by atoms with E-state index in [4.69, 9.17) is 14.5 Å². The van der Waals surface area contributed by atoms with Crippen LogP contribution < -0.4 is 39.4 Å². The van der Waals surface area contributed by atoms with Gasteiger partial charge in [-0.15, -0.1) is 0 Å². The van der Waals surface area contributed by atoms with Crippen LogP contribution in [0.25, 0.3) is 34.5 Å². The number of nitrogens with zero attached hydrogens (tertiary/aromatic N) is 1. The van der Waals surface area contributed by atoms with E-state index in [0.717, 1.165) is 56.1 Å². The van der Waals surface area contributed by atoms with Gasteiger partial charge < -0.3 is 29.6 Å². The van der Waals surface area contributed by atoms with Crippen LogP contribution in [0.5, 0.6) is 5.75 Å². The zero-order chi connectivity index (χ0) is 40.2. The number of benzene rings is 3. The molecule has 11 heteroatoms. The predicted octanol–water partition coefficient (Wildman–Crippen LogP) is 4.05. The van der Waals surface area contributed by atoms with Gasteiger partial charge in [0.05, 0.1) is 36.8 Å². The summed E-state index contributed by atoms with van der Waals surface area (Å²) in [5.74, 6) is -1.93. The molecule has 0 fully saturated rings. The van der Waals surface area contributed by atoms with Crippen molar-refractivity contribution < 1.29 is 73.1 Å². The molecule has 1 aliphatic rings. The summed E-state index contributed by atoms with van der Waals surface area (Å²) in [5, 5.41) is 31.1. The van der Waals surface area contributed by atoms with Gasteiger partial charge >= 0.3 is 35.5 Å². The van der Waals surface area contributed by atoms with E-state index in [9.17, 15) is 34.1 Å². The summed E-state index contributed by atoms with van der Waals surface area (Å²) in [4.78, 5) is 39.7. The number of aliphatic carboxylic acids is 1. The summed E-state index contributed by atoms with van der Waals surface area (Å²) in [6.45, 7) is 12.0. The third kappa shape index (κ3) is 12.5. The Morgan fingerprint density at radius 1 is 0.982 bits per heavy atom. The second-order valence-corrected chi connectivity index (χ2v) is 14.0. The average molecular weight is 774 g/mol. The van der Waals surface area contributed by atoms with E-state index in [1.807, 2.05) is 69.3 Å². The van der Waals surface area contributed by atoms with Crippen LogP contribution in [-0.2, 0) is 25.5 Å². The minimum absolute atomic E-state index is 0. The van der Waals surface area contributed by atoms with E-state index in [0.29, 0.717) is 13.0 Å². The monoisotopic (exact) mass is 773 g/mol. The number of ether oxygens (including phenoxy) is 2. The number of Topliss-reactive ketones (excluding diaryl/α,β-unsaturated/α-hetero) is 1. The van der Waals surface area contributed by atoms with Crippen LogP contribution in [0.15, 0.2) is 84.4 Å². The Bertz CT molecular complexity index is 2020. The number of pyridine rings is 1. The number of aliphatic hydroxyl groups excluding tert-OH is 2. The van der Waals surface area contributed by atoms with E-state index in [2.05, 4.69) is 0 Å². The zero-order valence-corrected chi connectivity index (χ0v) is 35.2. The van der Waals surface area contributed by atoms with Crippen LogP contribution in [0.2, 0.25) is 0 Å². The van der Waals surface area contributed by atoms with Gasteiger partial charge in [-0.3, -0.25) is 9.78 Å². The molecule has 0 radical (unpaired) electrons. The number of aliphatic hydroxyl groups is 2. The number of aromatic nitrogens is 1. The van der Waals surface area contributed by atoms with Gasteiger partial charge in [0.1, 0.15) is 17.1 Å². The molecular formula is C45H49FNNaO8. The van der Waals surface area contributed by atoms with Gasteiger partial charge in [-0.25, -0.2) is 9.18 Å². The molecule has 0 bridgehead atoms. The van der Waals surface area contributed by atoms with Crippen LogP contribution in [0.1, 0.15) is 81.3 Å². The molecule has 0 aliphatic carbocycles. The molecule has 3 aromatic carbocycles. The number of carbonyl (C=O) groups is 3. The molecule has 1 aliphatic heterocycles. The minimum atomic E-state index is -1.38. The maximum atomic E-state index is 13.8. The fourth-order valence-corrected chi connectivity index (χ4v) is 6.15. The third-order valence-corrected chi connectivity index (χ3v) is 8.87. The van der Waals surface area contributed by atoms with E-state index in [-0.39, 0.29) is 71.6 Å². The van der Waals surface area contributed by atoms with Crippen molar-refractivity contribution in [3.8, 4) is 28.1 Å². The number of para-hydroxylation sites is 1. The maximum absolute atomic E-state index is 13.8. The molecule has 5 rings (SSSR count). The fraction of sp³-hybridized carbons (Fsp3) is 0.333. The number of halogens is 1.